The van der Waals surface area contributed by atoms with Crippen LogP contribution in [0.5, 0.6) is 0 Å². The normalized spacial score (nSPS) is 12.0. The second-order valence-corrected chi connectivity index (χ2v) is 7.30. The summed E-state index contributed by atoms with van der Waals surface area (Å²) in [5.74, 6) is 1.74. The average molecular weight is 313 g/mol. The van der Waals surface area contributed by atoms with Crippen LogP contribution < -0.4 is 10.6 Å². The lowest BCUT2D eigenvalue weighted by molar-refractivity contribution is 0.467. The van der Waals surface area contributed by atoms with Gasteiger partial charge >= 0.3 is 0 Å². The van der Waals surface area contributed by atoms with Crippen LogP contribution in [0.15, 0.2) is 12.3 Å². The van der Waals surface area contributed by atoms with E-state index in [1.807, 2.05) is 0 Å². The SMILES string of the molecule is C=C(CNCCC(C)CCC)NC(C)C.CCCCC(C)C. The molecule has 0 aliphatic rings. The zero-order chi connectivity index (χ0) is 17.4. The molecule has 0 radical (unpaired) electrons. The third-order valence-electron chi connectivity index (χ3n) is 3.56. The molecule has 22 heavy (non-hydrogen) atoms. The van der Waals surface area contributed by atoms with Gasteiger partial charge in [0.2, 0.25) is 0 Å². The van der Waals surface area contributed by atoms with Gasteiger partial charge in [-0.3, -0.25) is 0 Å². The zero-order valence-corrected chi connectivity index (χ0v) is 16.6. The van der Waals surface area contributed by atoms with Gasteiger partial charge < -0.3 is 10.6 Å². The molecule has 0 aliphatic carbocycles. The molecule has 0 rings (SSSR count). The molecule has 0 heterocycles. The van der Waals surface area contributed by atoms with Gasteiger partial charge in [-0.2, -0.15) is 0 Å². The first-order valence-corrected chi connectivity index (χ1v) is 9.48. The second kappa shape index (κ2) is 16.9. The van der Waals surface area contributed by atoms with Crippen molar-refractivity contribution in [3.8, 4) is 0 Å². The lowest BCUT2D eigenvalue weighted by Gasteiger charge is -2.14. The minimum absolute atomic E-state index is 0.485. The molecule has 0 aromatic rings. The van der Waals surface area contributed by atoms with E-state index in [1.165, 1.54) is 38.5 Å². The highest BCUT2D eigenvalue weighted by molar-refractivity contribution is 4.94. The van der Waals surface area contributed by atoms with Crippen LogP contribution in [0.1, 0.15) is 87.0 Å². The van der Waals surface area contributed by atoms with Crippen molar-refractivity contribution in [1.29, 1.82) is 0 Å². The molecule has 134 valence electrons. The smallest absolute Gasteiger partial charge is 0.0348 e. The molecule has 0 bridgehead atoms. The van der Waals surface area contributed by atoms with Crippen LogP contribution >= 0.6 is 0 Å². The molecular formula is C20H44N2. The Balaban J connectivity index is 0. The van der Waals surface area contributed by atoms with E-state index < -0.39 is 0 Å². The highest BCUT2D eigenvalue weighted by Crippen LogP contribution is 2.08. The Bertz CT molecular complexity index is 234. The molecule has 0 aliphatic heterocycles. The van der Waals surface area contributed by atoms with E-state index in [0.717, 1.165) is 30.6 Å². The van der Waals surface area contributed by atoms with E-state index in [9.17, 15) is 0 Å². The third-order valence-corrected chi connectivity index (χ3v) is 3.56. The number of hydrogen-bond acceptors (Lipinski definition) is 2. The number of hydrogen-bond donors (Lipinski definition) is 2. The molecule has 2 N–H and O–H groups in total. The van der Waals surface area contributed by atoms with Crippen molar-refractivity contribution in [1.82, 2.24) is 10.6 Å². The fourth-order valence-corrected chi connectivity index (χ4v) is 2.30. The Hall–Kier alpha value is -0.500. The number of rotatable bonds is 12. The zero-order valence-electron chi connectivity index (χ0n) is 16.6. The Morgan fingerprint density at radius 2 is 1.55 bits per heavy atom. The monoisotopic (exact) mass is 312 g/mol. The van der Waals surface area contributed by atoms with E-state index in [-0.39, 0.29) is 0 Å². The molecule has 0 aromatic heterocycles. The van der Waals surface area contributed by atoms with Gasteiger partial charge in [-0.15, -0.1) is 0 Å². The van der Waals surface area contributed by atoms with E-state index in [0.29, 0.717) is 6.04 Å². The van der Waals surface area contributed by atoms with Crippen molar-refractivity contribution in [2.24, 2.45) is 11.8 Å². The van der Waals surface area contributed by atoms with Crippen LogP contribution in [0.2, 0.25) is 0 Å². The van der Waals surface area contributed by atoms with Crippen molar-refractivity contribution in [3.63, 3.8) is 0 Å². The van der Waals surface area contributed by atoms with Crippen molar-refractivity contribution in [3.05, 3.63) is 12.3 Å². The first kappa shape index (κ1) is 23.8. The Morgan fingerprint density at radius 1 is 0.909 bits per heavy atom. The van der Waals surface area contributed by atoms with Gasteiger partial charge in [-0.25, -0.2) is 0 Å². The lowest BCUT2D eigenvalue weighted by Crippen LogP contribution is -2.29. The molecule has 2 heteroatoms. The summed E-state index contributed by atoms with van der Waals surface area (Å²) in [5, 5.41) is 6.72. The molecule has 2 nitrogen and oxygen atoms in total. The predicted octanol–water partition coefficient (Wildman–Crippen LogP) is 5.75. The van der Waals surface area contributed by atoms with Gasteiger partial charge in [0.15, 0.2) is 0 Å². The summed E-state index contributed by atoms with van der Waals surface area (Å²) in [5.41, 5.74) is 1.09. The van der Waals surface area contributed by atoms with E-state index in [4.69, 9.17) is 0 Å². The standard InChI is InChI=1S/C13H28N2.C7H16/c1-6-7-12(4)8-9-14-10-13(5)15-11(2)3;1-4-5-6-7(2)3/h11-12,14-15H,5-10H2,1-4H3;7H,4-6H2,1-3H3. The van der Waals surface area contributed by atoms with Crippen molar-refractivity contribution in [2.75, 3.05) is 13.1 Å². The van der Waals surface area contributed by atoms with E-state index >= 15 is 0 Å². The molecule has 0 spiro atoms. The highest BCUT2D eigenvalue weighted by Gasteiger charge is 2.00. The fourth-order valence-electron chi connectivity index (χ4n) is 2.30. The van der Waals surface area contributed by atoms with Gasteiger partial charge in [-0.1, -0.05) is 73.3 Å². The molecule has 0 saturated heterocycles. The van der Waals surface area contributed by atoms with Crippen molar-refractivity contribution >= 4 is 0 Å². The maximum absolute atomic E-state index is 3.97. The van der Waals surface area contributed by atoms with Gasteiger partial charge in [0.05, 0.1) is 0 Å². The van der Waals surface area contributed by atoms with E-state index in [2.05, 4.69) is 65.7 Å². The maximum atomic E-state index is 3.97. The molecule has 0 saturated carbocycles. The Morgan fingerprint density at radius 3 is 1.95 bits per heavy atom. The van der Waals surface area contributed by atoms with Crippen LogP contribution in [0.4, 0.5) is 0 Å². The van der Waals surface area contributed by atoms with Crippen molar-refractivity contribution in [2.45, 2.75) is 93.0 Å². The van der Waals surface area contributed by atoms with Crippen LogP contribution in [0.25, 0.3) is 0 Å². The van der Waals surface area contributed by atoms with Gasteiger partial charge in [0.25, 0.3) is 0 Å². The third kappa shape index (κ3) is 21.8. The van der Waals surface area contributed by atoms with Crippen molar-refractivity contribution < 1.29 is 0 Å². The molecule has 1 unspecified atom stereocenters. The Kier molecular flexibility index (Phi) is 18.2. The summed E-state index contributed by atoms with van der Waals surface area (Å²) in [7, 11) is 0. The topological polar surface area (TPSA) is 24.1 Å². The summed E-state index contributed by atoms with van der Waals surface area (Å²) in [6, 6.07) is 0.485. The second-order valence-electron chi connectivity index (χ2n) is 7.30. The largest absolute Gasteiger partial charge is 0.386 e. The molecular weight excluding hydrogens is 268 g/mol. The first-order chi connectivity index (χ1) is 10.3. The summed E-state index contributed by atoms with van der Waals surface area (Å²) in [6.45, 7) is 21.6. The van der Waals surface area contributed by atoms with Crippen LogP contribution in [-0.4, -0.2) is 19.1 Å². The summed E-state index contributed by atoms with van der Waals surface area (Å²) in [4.78, 5) is 0. The fraction of sp³-hybridized carbons (Fsp3) is 0.900. The van der Waals surface area contributed by atoms with Gasteiger partial charge in [-0.05, 0) is 38.6 Å². The summed E-state index contributed by atoms with van der Waals surface area (Å²) in [6.07, 6.45) is 8.05. The molecule has 0 fully saturated rings. The quantitative estimate of drug-likeness (QED) is 0.449. The summed E-state index contributed by atoms with van der Waals surface area (Å²) < 4.78 is 0. The number of unbranched alkanes of at least 4 members (excludes halogenated alkanes) is 1. The molecule has 0 aromatic carbocycles. The molecule has 1 atom stereocenters. The number of nitrogens with one attached hydrogen (secondary N) is 2. The lowest BCUT2D eigenvalue weighted by atomic mass is 10.0. The maximum Gasteiger partial charge on any atom is 0.0348 e. The first-order valence-electron chi connectivity index (χ1n) is 9.48. The highest BCUT2D eigenvalue weighted by atomic mass is 15.0. The minimum atomic E-state index is 0.485. The van der Waals surface area contributed by atoms with Crippen LogP contribution in [0, 0.1) is 11.8 Å². The van der Waals surface area contributed by atoms with Gasteiger partial charge in [0.1, 0.15) is 0 Å². The predicted molar refractivity (Wildman–Crippen MR) is 103 cm³/mol. The Labute approximate surface area is 141 Å². The van der Waals surface area contributed by atoms with Crippen LogP contribution in [0.3, 0.4) is 0 Å². The summed E-state index contributed by atoms with van der Waals surface area (Å²) >= 11 is 0. The molecule has 0 amide bonds. The average Bonchev–Trinajstić information content (AvgIpc) is 2.41. The van der Waals surface area contributed by atoms with Gasteiger partial charge in [0, 0.05) is 18.3 Å². The minimum Gasteiger partial charge on any atom is -0.386 e. The van der Waals surface area contributed by atoms with E-state index in [1.54, 1.807) is 0 Å². The van der Waals surface area contributed by atoms with Crippen LogP contribution in [-0.2, 0) is 0 Å².